The Morgan fingerprint density at radius 2 is 2.19 bits per heavy atom. The molecule has 1 aliphatic heterocycles. The highest BCUT2D eigenvalue weighted by molar-refractivity contribution is 7.91. The van der Waals surface area contributed by atoms with Gasteiger partial charge in [-0.25, -0.2) is 8.42 Å². The lowest BCUT2D eigenvalue weighted by Gasteiger charge is -2.18. The average Bonchev–Trinajstić information content (AvgIpc) is 2.65. The van der Waals surface area contributed by atoms with E-state index in [9.17, 15) is 8.42 Å². The molecule has 1 aromatic heterocycles. The van der Waals surface area contributed by atoms with Crippen LogP contribution in [0.5, 0.6) is 0 Å². The first kappa shape index (κ1) is 11.9. The molecule has 2 heterocycles. The Hall–Kier alpha value is -0.620. The average molecular weight is 265 g/mol. The highest BCUT2D eigenvalue weighted by Gasteiger charge is 2.34. The third kappa shape index (κ3) is 2.22. The second kappa shape index (κ2) is 4.33. The molecule has 0 aromatic carbocycles. The van der Waals surface area contributed by atoms with Crippen LogP contribution >= 0.6 is 11.6 Å². The number of rotatable bonds is 2. The molecule has 1 aliphatic rings. The molecule has 7 heteroatoms. The van der Waals surface area contributed by atoms with Crippen molar-refractivity contribution in [3.63, 3.8) is 0 Å². The first-order valence-corrected chi connectivity index (χ1v) is 7.35. The molecule has 0 amide bonds. The number of alkyl halides is 1. The van der Waals surface area contributed by atoms with Crippen molar-refractivity contribution in [1.82, 2.24) is 10.2 Å². The van der Waals surface area contributed by atoms with Gasteiger partial charge in [0.2, 0.25) is 11.8 Å². The van der Waals surface area contributed by atoms with Crippen LogP contribution in [0, 0.1) is 0 Å². The summed E-state index contributed by atoms with van der Waals surface area (Å²) in [4.78, 5) is 0. The fraction of sp³-hybridized carbons (Fsp3) is 0.778. The SMILES string of the molecule is CC(Cl)c1nnc(C2CCCCS2(=O)=O)o1. The van der Waals surface area contributed by atoms with Gasteiger partial charge in [-0.3, -0.25) is 0 Å². The van der Waals surface area contributed by atoms with Crippen molar-refractivity contribution in [2.75, 3.05) is 5.75 Å². The van der Waals surface area contributed by atoms with Crippen molar-refractivity contribution in [2.24, 2.45) is 0 Å². The van der Waals surface area contributed by atoms with E-state index in [-0.39, 0.29) is 17.5 Å². The third-order valence-electron chi connectivity index (χ3n) is 2.65. The minimum absolute atomic E-state index is 0.183. The summed E-state index contributed by atoms with van der Waals surface area (Å²) in [5.41, 5.74) is 0. The highest BCUT2D eigenvalue weighted by atomic mass is 35.5. The molecular formula is C9H13ClN2O3S. The molecule has 90 valence electrons. The summed E-state index contributed by atoms with van der Waals surface area (Å²) in [7, 11) is -3.13. The van der Waals surface area contributed by atoms with Gasteiger partial charge in [-0.05, 0) is 19.8 Å². The lowest BCUT2D eigenvalue weighted by Crippen LogP contribution is -2.21. The minimum atomic E-state index is -3.13. The molecule has 1 aromatic rings. The van der Waals surface area contributed by atoms with Crippen LogP contribution < -0.4 is 0 Å². The van der Waals surface area contributed by atoms with E-state index < -0.39 is 20.5 Å². The fourth-order valence-corrected chi connectivity index (χ4v) is 3.68. The fourth-order valence-electron chi connectivity index (χ4n) is 1.77. The Labute approximate surface area is 99.1 Å². The molecule has 2 unspecified atom stereocenters. The summed E-state index contributed by atoms with van der Waals surface area (Å²) >= 11 is 5.78. The lowest BCUT2D eigenvalue weighted by atomic mass is 10.2. The Bertz CT molecular complexity index is 469. The summed E-state index contributed by atoms with van der Waals surface area (Å²) < 4.78 is 28.9. The summed E-state index contributed by atoms with van der Waals surface area (Å²) in [6.07, 6.45) is 2.14. The predicted octanol–water partition coefficient (Wildman–Crippen LogP) is 2.01. The molecular weight excluding hydrogens is 252 g/mol. The standard InChI is InChI=1S/C9H13ClN2O3S/c1-6(10)8-11-12-9(15-8)7-4-2-3-5-16(7,13)14/h6-7H,2-5H2,1H3. The monoisotopic (exact) mass is 264 g/mol. The van der Waals surface area contributed by atoms with Crippen molar-refractivity contribution in [3.8, 4) is 0 Å². The molecule has 16 heavy (non-hydrogen) atoms. The van der Waals surface area contributed by atoms with E-state index in [1.54, 1.807) is 6.92 Å². The van der Waals surface area contributed by atoms with E-state index in [0.717, 1.165) is 6.42 Å². The summed E-state index contributed by atoms with van der Waals surface area (Å²) in [6.45, 7) is 1.70. The summed E-state index contributed by atoms with van der Waals surface area (Å²) in [5.74, 6) is 0.658. The van der Waals surface area contributed by atoms with Crippen LogP contribution in [0.25, 0.3) is 0 Å². The number of nitrogens with zero attached hydrogens (tertiary/aromatic N) is 2. The first-order chi connectivity index (χ1) is 7.50. The Morgan fingerprint density at radius 3 is 2.75 bits per heavy atom. The van der Waals surface area contributed by atoms with Crippen molar-refractivity contribution in [2.45, 2.75) is 36.8 Å². The topological polar surface area (TPSA) is 73.1 Å². The minimum Gasteiger partial charge on any atom is -0.422 e. The maximum atomic E-state index is 11.8. The molecule has 0 spiro atoms. The third-order valence-corrected chi connectivity index (χ3v) is 5.00. The van der Waals surface area contributed by atoms with Crippen LogP contribution in [0.15, 0.2) is 4.42 Å². The second-order valence-corrected chi connectivity index (χ2v) is 6.90. The number of hydrogen-bond acceptors (Lipinski definition) is 5. The van der Waals surface area contributed by atoms with Gasteiger partial charge in [0.15, 0.2) is 9.84 Å². The van der Waals surface area contributed by atoms with Crippen molar-refractivity contribution >= 4 is 21.4 Å². The van der Waals surface area contributed by atoms with Gasteiger partial charge >= 0.3 is 0 Å². The molecule has 2 atom stereocenters. The molecule has 0 radical (unpaired) electrons. The quantitative estimate of drug-likeness (QED) is 0.764. The smallest absolute Gasteiger partial charge is 0.234 e. The molecule has 0 bridgehead atoms. The van der Waals surface area contributed by atoms with E-state index in [4.69, 9.17) is 16.0 Å². The normalized spacial score (nSPS) is 26.5. The number of halogens is 1. The van der Waals surface area contributed by atoms with Gasteiger partial charge in [0.05, 0.1) is 5.75 Å². The van der Waals surface area contributed by atoms with Crippen molar-refractivity contribution in [1.29, 1.82) is 0 Å². The van der Waals surface area contributed by atoms with Gasteiger partial charge in [-0.15, -0.1) is 21.8 Å². The number of hydrogen-bond donors (Lipinski definition) is 0. The van der Waals surface area contributed by atoms with Crippen molar-refractivity contribution in [3.05, 3.63) is 11.8 Å². The van der Waals surface area contributed by atoms with Gasteiger partial charge < -0.3 is 4.42 Å². The lowest BCUT2D eigenvalue weighted by molar-refractivity contribution is 0.423. The largest absolute Gasteiger partial charge is 0.422 e. The summed E-state index contributed by atoms with van der Waals surface area (Å²) in [6, 6.07) is 0. The van der Waals surface area contributed by atoms with Crippen LogP contribution in [0.3, 0.4) is 0 Å². The van der Waals surface area contributed by atoms with E-state index in [1.165, 1.54) is 0 Å². The molecule has 0 N–H and O–H groups in total. The van der Waals surface area contributed by atoms with E-state index in [0.29, 0.717) is 12.8 Å². The van der Waals surface area contributed by atoms with Crippen molar-refractivity contribution < 1.29 is 12.8 Å². The number of sulfone groups is 1. The summed E-state index contributed by atoms with van der Waals surface area (Å²) in [5, 5.41) is 6.48. The van der Waals surface area contributed by atoms with Gasteiger partial charge in [0.25, 0.3) is 0 Å². The zero-order chi connectivity index (χ0) is 11.8. The van der Waals surface area contributed by atoms with Gasteiger partial charge in [-0.2, -0.15) is 0 Å². The van der Waals surface area contributed by atoms with Crippen LogP contribution in [-0.2, 0) is 9.84 Å². The molecule has 0 aliphatic carbocycles. The van der Waals surface area contributed by atoms with Gasteiger partial charge in [0.1, 0.15) is 10.6 Å². The van der Waals surface area contributed by atoms with Gasteiger partial charge in [-0.1, -0.05) is 6.42 Å². The Balaban J connectivity index is 2.29. The molecule has 1 fully saturated rings. The molecule has 2 rings (SSSR count). The van der Waals surface area contributed by atoms with Crippen LogP contribution in [-0.4, -0.2) is 24.4 Å². The van der Waals surface area contributed by atoms with E-state index in [2.05, 4.69) is 10.2 Å². The maximum Gasteiger partial charge on any atom is 0.234 e. The molecule has 1 saturated heterocycles. The molecule has 0 saturated carbocycles. The molecule has 5 nitrogen and oxygen atoms in total. The predicted molar refractivity (Wildman–Crippen MR) is 58.9 cm³/mol. The van der Waals surface area contributed by atoms with E-state index in [1.807, 2.05) is 0 Å². The second-order valence-electron chi connectivity index (χ2n) is 3.95. The first-order valence-electron chi connectivity index (χ1n) is 5.19. The van der Waals surface area contributed by atoms with E-state index >= 15 is 0 Å². The Morgan fingerprint density at radius 1 is 1.44 bits per heavy atom. The number of aromatic nitrogens is 2. The van der Waals surface area contributed by atoms with Crippen LogP contribution in [0.2, 0.25) is 0 Å². The zero-order valence-electron chi connectivity index (χ0n) is 8.89. The maximum absolute atomic E-state index is 11.8. The zero-order valence-corrected chi connectivity index (χ0v) is 10.5. The van der Waals surface area contributed by atoms with Gasteiger partial charge in [0, 0.05) is 0 Å². The Kier molecular flexibility index (Phi) is 3.21. The highest BCUT2D eigenvalue weighted by Crippen LogP contribution is 2.33. The van der Waals surface area contributed by atoms with Crippen LogP contribution in [0.1, 0.15) is 48.6 Å². The van der Waals surface area contributed by atoms with Crippen LogP contribution in [0.4, 0.5) is 0 Å².